The second-order valence-corrected chi connectivity index (χ2v) is 5.14. The third-order valence-electron chi connectivity index (χ3n) is 2.58. The van der Waals surface area contributed by atoms with Gasteiger partial charge >= 0.3 is 5.97 Å². The number of hydrogen-bond donors (Lipinski definition) is 1. The van der Waals surface area contributed by atoms with Crippen LogP contribution in [0.2, 0.25) is 10.0 Å². The molecule has 0 bridgehead atoms. The Morgan fingerprint density at radius 2 is 1.73 bits per heavy atom. The van der Waals surface area contributed by atoms with Crippen LogP contribution in [0.3, 0.4) is 0 Å². The van der Waals surface area contributed by atoms with Crippen LogP contribution in [-0.2, 0) is 9.53 Å². The quantitative estimate of drug-likeness (QED) is 0.857. The molecular formula is C15H10Cl2FNO3. The van der Waals surface area contributed by atoms with Crippen LogP contribution in [0.5, 0.6) is 0 Å². The normalized spacial score (nSPS) is 10.1. The monoisotopic (exact) mass is 341 g/mol. The molecule has 0 radical (unpaired) electrons. The Morgan fingerprint density at radius 1 is 1.09 bits per heavy atom. The van der Waals surface area contributed by atoms with Crippen LogP contribution in [0, 0.1) is 5.82 Å². The lowest BCUT2D eigenvalue weighted by atomic mass is 10.2. The number of anilines is 1. The van der Waals surface area contributed by atoms with Gasteiger partial charge in [0.05, 0.1) is 11.3 Å². The van der Waals surface area contributed by atoms with Crippen molar-refractivity contribution in [2.75, 3.05) is 11.9 Å². The number of nitrogens with one attached hydrogen (secondary N) is 1. The maximum absolute atomic E-state index is 13.4. The third-order valence-corrected chi connectivity index (χ3v) is 3.02. The predicted octanol–water partition coefficient (Wildman–Crippen LogP) is 3.93. The fourth-order valence-corrected chi connectivity index (χ4v) is 2.16. The van der Waals surface area contributed by atoms with Gasteiger partial charge in [-0.25, -0.2) is 9.18 Å². The molecule has 0 aliphatic carbocycles. The summed E-state index contributed by atoms with van der Waals surface area (Å²) in [6.45, 7) is -0.558. The Morgan fingerprint density at radius 3 is 2.36 bits per heavy atom. The number of ether oxygens (including phenoxy) is 1. The molecule has 114 valence electrons. The van der Waals surface area contributed by atoms with Crippen LogP contribution in [0.25, 0.3) is 0 Å². The predicted molar refractivity (Wildman–Crippen MR) is 81.8 cm³/mol. The number of carbonyl (C=O) groups is 2. The highest BCUT2D eigenvalue weighted by Crippen LogP contribution is 2.19. The molecule has 0 fully saturated rings. The molecule has 22 heavy (non-hydrogen) atoms. The molecule has 0 heterocycles. The summed E-state index contributed by atoms with van der Waals surface area (Å²) in [5.41, 5.74) is 0.130. The van der Waals surface area contributed by atoms with Gasteiger partial charge in [-0.05, 0) is 30.3 Å². The average molecular weight is 342 g/mol. The molecule has 0 spiro atoms. The van der Waals surface area contributed by atoms with Crippen LogP contribution < -0.4 is 5.32 Å². The fraction of sp³-hybridized carbons (Fsp3) is 0.0667. The van der Waals surface area contributed by atoms with Gasteiger partial charge in [-0.15, -0.1) is 0 Å². The Kier molecular flexibility index (Phi) is 5.35. The van der Waals surface area contributed by atoms with Crippen molar-refractivity contribution in [3.8, 4) is 0 Å². The molecule has 1 N–H and O–H groups in total. The molecular weight excluding hydrogens is 332 g/mol. The first-order valence-corrected chi connectivity index (χ1v) is 6.89. The summed E-state index contributed by atoms with van der Waals surface area (Å²) in [6, 6.07) is 9.85. The number of esters is 1. The summed E-state index contributed by atoms with van der Waals surface area (Å²) < 4.78 is 18.2. The van der Waals surface area contributed by atoms with Gasteiger partial charge in [0, 0.05) is 10.0 Å². The highest BCUT2D eigenvalue weighted by molar-refractivity contribution is 6.35. The van der Waals surface area contributed by atoms with Crippen molar-refractivity contribution in [1.82, 2.24) is 0 Å². The second kappa shape index (κ2) is 7.24. The SMILES string of the molecule is O=C(COC(=O)c1cc(Cl)cc(Cl)c1)Nc1ccccc1F. The van der Waals surface area contributed by atoms with Crippen LogP contribution >= 0.6 is 23.2 Å². The molecule has 2 aromatic rings. The molecule has 0 unspecified atom stereocenters. The maximum Gasteiger partial charge on any atom is 0.338 e. The number of benzene rings is 2. The fourth-order valence-electron chi connectivity index (χ4n) is 1.63. The number of carbonyl (C=O) groups excluding carboxylic acids is 2. The molecule has 7 heteroatoms. The van der Waals surface area contributed by atoms with Gasteiger partial charge in [0.15, 0.2) is 6.61 Å². The molecule has 0 aromatic heterocycles. The van der Waals surface area contributed by atoms with E-state index in [1.54, 1.807) is 6.07 Å². The van der Waals surface area contributed by atoms with Gasteiger partial charge < -0.3 is 10.1 Å². The molecule has 0 saturated carbocycles. The van der Waals surface area contributed by atoms with Crippen molar-refractivity contribution in [2.24, 2.45) is 0 Å². The smallest absolute Gasteiger partial charge is 0.338 e. The van der Waals surface area contributed by atoms with Crippen molar-refractivity contribution in [3.05, 3.63) is 63.9 Å². The van der Waals surface area contributed by atoms with E-state index in [0.29, 0.717) is 0 Å². The Hall–Kier alpha value is -2.11. The Balaban J connectivity index is 1.93. The van der Waals surface area contributed by atoms with Gasteiger partial charge in [0.1, 0.15) is 5.82 Å². The van der Waals surface area contributed by atoms with E-state index >= 15 is 0 Å². The molecule has 0 aliphatic rings. The van der Waals surface area contributed by atoms with Crippen LogP contribution in [-0.4, -0.2) is 18.5 Å². The van der Waals surface area contributed by atoms with Crippen LogP contribution in [0.1, 0.15) is 10.4 Å². The van der Waals surface area contributed by atoms with E-state index < -0.39 is 24.3 Å². The minimum Gasteiger partial charge on any atom is -0.452 e. The van der Waals surface area contributed by atoms with E-state index in [1.807, 2.05) is 0 Å². The summed E-state index contributed by atoms with van der Waals surface area (Å²) in [6.07, 6.45) is 0. The molecule has 1 amide bonds. The second-order valence-electron chi connectivity index (χ2n) is 4.26. The Bertz CT molecular complexity index is 701. The lowest BCUT2D eigenvalue weighted by Crippen LogP contribution is -2.21. The van der Waals surface area contributed by atoms with Crippen LogP contribution in [0.15, 0.2) is 42.5 Å². The standard InChI is InChI=1S/C15H10Cl2FNO3/c16-10-5-9(6-11(17)7-10)15(21)22-8-14(20)19-13-4-2-1-3-12(13)18/h1-7H,8H2,(H,19,20). The largest absolute Gasteiger partial charge is 0.452 e. The van der Waals surface area contributed by atoms with Gasteiger partial charge in [-0.3, -0.25) is 4.79 Å². The summed E-state index contributed by atoms with van der Waals surface area (Å²) in [5.74, 6) is -2.00. The third kappa shape index (κ3) is 4.44. The molecule has 0 atom stereocenters. The summed E-state index contributed by atoms with van der Waals surface area (Å²) in [7, 11) is 0. The number of amides is 1. The average Bonchev–Trinajstić information content (AvgIpc) is 2.46. The number of rotatable bonds is 4. The van der Waals surface area contributed by atoms with E-state index in [4.69, 9.17) is 27.9 Å². The highest BCUT2D eigenvalue weighted by Gasteiger charge is 2.13. The lowest BCUT2D eigenvalue weighted by molar-refractivity contribution is -0.119. The first-order valence-electron chi connectivity index (χ1n) is 6.13. The van der Waals surface area contributed by atoms with E-state index in [9.17, 15) is 14.0 Å². The van der Waals surface area contributed by atoms with Crippen molar-refractivity contribution < 1.29 is 18.7 Å². The van der Waals surface area contributed by atoms with Crippen LogP contribution in [0.4, 0.5) is 10.1 Å². The topological polar surface area (TPSA) is 55.4 Å². The molecule has 2 aromatic carbocycles. The summed E-state index contributed by atoms with van der Waals surface area (Å²) in [5, 5.41) is 2.84. The van der Waals surface area contributed by atoms with E-state index in [-0.39, 0.29) is 21.3 Å². The molecule has 2 rings (SSSR count). The molecule has 0 aliphatic heterocycles. The lowest BCUT2D eigenvalue weighted by Gasteiger charge is -2.07. The zero-order chi connectivity index (χ0) is 16.1. The van der Waals surface area contributed by atoms with Crippen molar-refractivity contribution in [3.63, 3.8) is 0 Å². The minimum atomic E-state index is -0.756. The summed E-state index contributed by atoms with van der Waals surface area (Å²) in [4.78, 5) is 23.4. The highest BCUT2D eigenvalue weighted by atomic mass is 35.5. The van der Waals surface area contributed by atoms with E-state index in [2.05, 4.69) is 5.32 Å². The van der Waals surface area contributed by atoms with Crippen molar-refractivity contribution >= 4 is 40.8 Å². The maximum atomic E-state index is 13.4. The van der Waals surface area contributed by atoms with Gasteiger partial charge in [-0.2, -0.15) is 0 Å². The van der Waals surface area contributed by atoms with Gasteiger partial charge in [-0.1, -0.05) is 35.3 Å². The van der Waals surface area contributed by atoms with Crippen molar-refractivity contribution in [2.45, 2.75) is 0 Å². The summed E-state index contributed by atoms with van der Waals surface area (Å²) >= 11 is 11.5. The minimum absolute atomic E-state index is 0.00866. The number of halogens is 3. The zero-order valence-corrected chi connectivity index (χ0v) is 12.6. The van der Waals surface area contributed by atoms with Gasteiger partial charge in [0.25, 0.3) is 5.91 Å². The van der Waals surface area contributed by atoms with Gasteiger partial charge in [0.2, 0.25) is 0 Å². The first-order chi connectivity index (χ1) is 10.5. The van der Waals surface area contributed by atoms with Crippen molar-refractivity contribution in [1.29, 1.82) is 0 Å². The van der Waals surface area contributed by atoms with E-state index in [0.717, 1.165) is 0 Å². The number of hydrogen-bond acceptors (Lipinski definition) is 3. The first kappa shape index (κ1) is 16.3. The molecule has 0 saturated heterocycles. The Labute approximate surface area is 135 Å². The van der Waals surface area contributed by atoms with E-state index in [1.165, 1.54) is 36.4 Å². The number of para-hydroxylation sites is 1. The molecule has 4 nitrogen and oxygen atoms in total. The zero-order valence-electron chi connectivity index (χ0n) is 11.1.